The molecule has 0 saturated carbocycles. The molecule has 0 atom stereocenters. The maximum absolute atomic E-state index is 11.3. The van der Waals surface area contributed by atoms with Crippen LogP contribution in [0.25, 0.3) is 0 Å². The van der Waals surface area contributed by atoms with Crippen LogP contribution in [-0.2, 0) is 4.74 Å². The second-order valence-corrected chi connectivity index (χ2v) is 9.10. The first-order chi connectivity index (χ1) is 6.45. The molecule has 1 heterocycles. The molecule has 78 valence electrons. The molecule has 0 aromatic carbocycles. The number of hydrogen-bond donors (Lipinski definition) is 0. The molecule has 0 bridgehead atoms. The zero-order valence-electron chi connectivity index (χ0n) is 9.00. The fraction of sp³-hybridized carbons (Fsp3) is 0.556. The Balaban J connectivity index is 2.88. The van der Waals surface area contributed by atoms with Crippen molar-refractivity contribution in [2.45, 2.75) is 26.6 Å². The van der Waals surface area contributed by atoms with Crippen LogP contribution in [0.5, 0.6) is 0 Å². The quantitative estimate of drug-likeness (QED) is 0.528. The molecule has 0 radical (unpaired) electrons. The van der Waals surface area contributed by atoms with Crippen LogP contribution in [0.1, 0.15) is 6.92 Å². The fourth-order valence-electron chi connectivity index (χ4n) is 0.966. The summed E-state index contributed by atoms with van der Waals surface area (Å²) in [6.07, 6.45) is 1.74. The highest BCUT2D eigenvalue weighted by molar-refractivity contribution is 6.83. The summed E-state index contributed by atoms with van der Waals surface area (Å²) in [6, 6.07) is 0. The Hall–Kier alpha value is -1.10. The number of allylic oxidation sites excluding steroid dienone is 1. The van der Waals surface area contributed by atoms with Gasteiger partial charge in [-0.2, -0.15) is 5.11 Å². The van der Waals surface area contributed by atoms with Crippen LogP contribution >= 0.6 is 0 Å². The first kappa shape index (κ1) is 11.0. The molecule has 0 unspecified atom stereocenters. The lowest BCUT2D eigenvalue weighted by Gasteiger charge is -2.13. The minimum absolute atomic E-state index is 0.323. The summed E-state index contributed by atoms with van der Waals surface area (Å²) in [5.74, 6) is -0.385. The van der Waals surface area contributed by atoms with Crippen molar-refractivity contribution < 1.29 is 9.84 Å². The summed E-state index contributed by atoms with van der Waals surface area (Å²) < 4.78 is 4.83. The van der Waals surface area contributed by atoms with Gasteiger partial charge in [0.1, 0.15) is 13.8 Å². The van der Waals surface area contributed by atoms with E-state index in [1.54, 1.807) is 13.0 Å². The Kier molecular flexibility index (Phi) is 3.10. The monoisotopic (exact) mass is 211 g/mol. The predicted molar refractivity (Wildman–Crippen MR) is 54.9 cm³/mol. The van der Waals surface area contributed by atoms with E-state index < -0.39 is 8.07 Å². The molecular weight excluding hydrogens is 196 g/mol. The Morgan fingerprint density at radius 2 is 2.07 bits per heavy atom. The molecular formula is C9H15N2O2Si-. The van der Waals surface area contributed by atoms with Gasteiger partial charge in [-0.1, -0.05) is 26.6 Å². The molecule has 0 aromatic rings. The van der Waals surface area contributed by atoms with Gasteiger partial charge in [0, 0.05) is 5.32 Å². The number of rotatable bonds is 3. The van der Waals surface area contributed by atoms with Gasteiger partial charge in [-0.05, 0) is 12.7 Å². The van der Waals surface area contributed by atoms with Crippen molar-refractivity contribution in [1.82, 2.24) is 0 Å². The SMILES string of the molecule is CCO/C([O-])=C1/C=C([Si](C)(C)C)N=N1. The predicted octanol–water partition coefficient (Wildman–Crippen LogP) is 1.78. The van der Waals surface area contributed by atoms with E-state index in [0.717, 1.165) is 5.32 Å². The van der Waals surface area contributed by atoms with Crippen LogP contribution in [0.2, 0.25) is 19.6 Å². The Morgan fingerprint density at radius 1 is 1.43 bits per heavy atom. The van der Waals surface area contributed by atoms with Crippen LogP contribution in [-0.4, -0.2) is 14.7 Å². The average Bonchev–Trinajstić information content (AvgIpc) is 2.51. The molecule has 1 aliphatic rings. The van der Waals surface area contributed by atoms with Gasteiger partial charge in [0.2, 0.25) is 0 Å². The second kappa shape index (κ2) is 3.96. The molecule has 0 saturated heterocycles. The first-order valence-electron chi connectivity index (χ1n) is 4.63. The standard InChI is InChI=1S/C9H16N2O2Si/c1-5-13-9(12)7-6-8(11-10-7)14(2,3)4/h6,12H,5H2,1-4H3/p-1/b9-7-. The van der Waals surface area contributed by atoms with Crippen LogP contribution in [0.4, 0.5) is 0 Å². The molecule has 0 spiro atoms. The zero-order valence-corrected chi connectivity index (χ0v) is 10.00. The zero-order chi connectivity index (χ0) is 10.8. The van der Waals surface area contributed by atoms with E-state index in [1.165, 1.54) is 0 Å². The number of nitrogens with zero attached hydrogens (tertiary/aromatic N) is 2. The van der Waals surface area contributed by atoms with Crippen molar-refractivity contribution in [3.63, 3.8) is 0 Å². The third-order valence-corrected chi connectivity index (χ3v) is 3.57. The smallest absolute Gasteiger partial charge is 0.109 e. The van der Waals surface area contributed by atoms with Gasteiger partial charge in [0.05, 0.1) is 5.95 Å². The summed E-state index contributed by atoms with van der Waals surface area (Å²) in [6.45, 7) is 8.62. The Labute approximate surface area is 85.0 Å². The Morgan fingerprint density at radius 3 is 2.50 bits per heavy atom. The van der Waals surface area contributed by atoms with Crippen LogP contribution in [0.15, 0.2) is 33.3 Å². The van der Waals surface area contributed by atoms with Crippen molar-refractivity contribution in [2.24, 2.45) is 10.2 Å². The van der Waals surface area contributed by atoms with Crippen molar-refractivity contribution in [3.05, 3.63) is 23.0 Å². The van der Waals surface area contributed by atoms with Gasteiger partial charge in [0.15, 0.2) is 0 Å². The van der Waals surface area contributed by atoms with E-state index in [2.05, 4.69) is 29.9 Å². The van der Waals surface area contributed by atoms with Gasteiger partial charge >= 0.3 is 0 Å². The minimum Gasteiger partial charge on any atom is -0.612 e. The molecule has 0 aromatic heterocycles. The van der Waals surface area contributed by atoms with Crippen molar-refractivity contribution in [1.29, 1.82) is 0 Å². The molecule has 5 heteroatoms. The third kappa shape index (κ3) is 2.44. The lowest BCUT2D eigenvalue weighted by molar-refractivity contribution is -0.358. The summed E-state index contributed by atoms with van der Waals surface area (Å²) in [5, 5.41) is 20.0. The van der Waals surface area contributed by atoms with E-state index in [-0.39, 0.29) is 5.95 Å². The van der Waals surface area contributed by atoms with E-state index in [0.29, 0.717) is 12.3 Å². The lowest BCUT2D eigenvalue weighted by Crippen LogP contribution is -2.21. The third-order valence-electron chi connectivity index (χ3n) is 1.79. The molecule has 14 heavy (non-hydrogen) atoms. The van der Waals surface area contributed by atoms with E-state index >= 15 is 0 Å². The summed E-state index contributed by atoms with van der Waals surface area (Å²) in [4.78, 5) is 0. The average molecular weight is 211 g/mol. The first-order valence-corrected chi connectivity index (χ1v) is 8.13. The topological polar surface area (TPSA) is 57.0 Å². The molecule has 0 fully saturated rings. The van der Waals surface area contributed by atoms with E-state index in [1.807, 2.05) is 0 Å². The number of azo groups is 1. The Bertz CT molecular complexity index is 313. The maximum atomic E-state index is 11.3. The minimum atomic E-state index is -1.46. The number of hydrogen-bond acceptors (Lipinski definition) is 4. The van der Waals surface area contributed by atoms with Gasteiger partial charge in [-0.3, -0.25) is 0 Å². The van der Waals surface area contributed by atoms with Crippen LogP contribution < -0.4 is 5.11 Å². The van der Waals surface area contributed by atoms with E-state index in [9.17, 15) is 5.11 Å². The molecule has 0 amide bonds. The summed E-state index contributed by atoms with van der Waals surface area (Å²) in [5.41, 5.74) is 0.323. The summed E-state index contributed by atoms with van der Waals surface area (Å²) in [7, 11) is -1.46. The maximum Gasteiger partial charge on any atom is 0.109 e. The highest BCUT2D eigenvalue weighted by Crippen LogP contribution is 2.25. The highest BCUT2D eigenvalue weighted by Gasteiger charge is 2.23. The molecule has 4 nitrogen and oxygen atoms in total. The highest BCUT2D eigenvalue weighted by atomic mass is 28.3. The molecule has 0 N–H and O–H groups in total. The van der Waals surface area contributed by atoms with Gasteiger partial charge in [-0.25, -0.2) is 0 Å². The van der Waals surface area contributed by atoms with Crippen LogP contribution in [0, 0.1) is 0 Å². The fourth-order valence-corrected chi connectivity index (χ4v) is 1.89. The van der Waals surface area contributed by atoms with Gasteiger partial charge < -0.3 is 9.84 Å². The van der Waals surface area contributed by atoms with Gasteiger partial charge in [0.25, 0.3) is 0 Å². The van der Waals surface area contributed by atoms with Crippen molar-refractivity contribution in [3.8, 4) is 0 Å². The van der Waals surface area contributed by atoms with Crippen molar-refractivity contribution >= 4 is 8.07 Å². The second-order valence-electron chi connectivity index (χ2n) is 4.09. The van der Waals surface area contributed by atoms with Crippen molar-refractivity contribution in [2.75, 3.05) is 6.61 Å². The molecule has 0 aliphatic carbocycles. The molecule has 1 aliphatic heterocycles. The summed E-state index contributed by atoms with van der Waals surface area (Å²) >= 11 is 0. The van der Waals surface area contributed by atoms with Gasteiger partial charge in [-0.15, -0.1) is 5.11 Å². The normalized spacial score (nSPS) is 19.6. The lowest BCUT2D eigenvalue weighted by atomic mass is 10.5. The number of ether oxygens (including phenoxy) is 1. The molecule has 1 rings (SSSR count). The largest absolute Gasteiger partial charge is 0.612 e. The van der Waals surface area contributed by atoms with Crippen LogP contribution in [0.3, 0.4) is 0 Å². The van der Waals surface area contributed by atoms with E-state index in [4.69, 9.17) is 4.74 Å².